The number of rotatable bonds is 0. The van der Waals surface area contributed by atoms with E-state index < -0.39 is 0 Å². The second-order valence-corrected chi connectivity index (χ2v) is 0. The van der Waals surface area contributed by atoms with Gasteiger partial charge in [0, 0.05) is 17.1 Å². The fourth-order valence-electron chi connectivity index (χ4n) is 0. The van der Waals surface area contributed by atoms with Gasteiger partial charge in [-0.15, -0.1) is 24.8 Å². The maximum Gasteiger partial charge on any atom is 0 e. The Balaban J connectivity index is 0. The SMILES string of the molecule is Cl.Cl.[LiH].[Mn]. The van der Waals surface area contributed by atoms with Gasteiger partial charge in [-0.1, -0.05) is 0 Å². The van der Waals surface area contributed by atoms with Gasteiger partial charge in [-0.2, -0.15) is 0 Å². The third-order valence-electron chi connectivity index (χ3n) is 0. The molecule has 0 unspecified atom stereocenters. The van der Waals surface area contributed by atoms with Gasteiger partial charge in [0.05, 0.1) is 0 Å². The van der Waals surface area contributed by atoms with Crippen LogP contribution in [0.2, 0.25) is 0 Å². The van der Waals surface area contributed by atoms with Gasteiger partial charge in [0.25, 0.3) is 0 Å². The van der Waals surface area contributed by atoms with Gasteiger partial charge in [0.1, 0.15) is 0 Å². The summed E-state index contributed by atoms with van der Waals surface area (Å²) < 4.78 is 0. The van der Waals surface area contributed by atoms with Crippen molar-refractivity contribution in [3.8, 4) is 0 Å². The van der Waals surface area contributed by atoms with E-state index in [0.717, 1.165) is 0 Å². The van der Waals surface area contributed by atoms with Crippen molar-refractivity contribution >= 4 is 43.7 Å². The van der Waals surface area contributed by atoms with Crippen molar-refractivity contribution in [1.29, 1.82) is 0 Å². The van der Waals surface area contributed by atoms with Crippen molar-refractivity contribution in [1.82, 2.24) is 0 Å². The first-order valence-corrected chi connectivity index (χ1v) is 0. The Kier molecular flexibility index (Phi) is 243. The van der Waals surface area contributed by atoms with E-state index in [0.29, 0.717) is 0 Å². The zero-order chi connectivity index (χ0) is 0. The molecule has 0 aliphatic carbocycles. The van der Waals surface area contributed by atoms with Crippen LogP contribution in [0.3, 0.4) is 0 Å². The molecule has 0 saturated carbocycles. The molecule has 0 saturated heterocycles. The molecule has 0 N–H and O–H groups in total. The smallest absolute Gasteiger partial charge is 0 e. The molecule has 0 aromatic heterocycles. The summed E-state index contributed by atoms with van der Waals surface area (Å²) in [7, 11) is 0. The minimum atomic E-state index is 0. The molecule has 0 aromatic rings. The normalized spacial score (nSPS) is 0. The van der Waals surface area contributed by atoms with Crippen molar-refractivity contribution in [3.63, 3.8) is 0 Å². The predicted octanol–water partition coefficient (Wildman–Crippen LogP) is 0.193. The fourth-order valence-corrected chi connectivity index (χ4v) is 0. The molecule has 0 aromatic carbocycles. The van der Waals surface area contributed by atoms with Crippen LogP contribution in [0.15, 0.2) is 0 Å². The molecule has 0 amide bonds. The standard InChI is InChI=1S/2ClH.Li.Mn.H/h2*1H;;;. The monoisotopic (exact) mass is 135 g/mol. The molecule has 0 aliphatic rings. The maximum atomic E-state index is 0. The van der Waals surface area contributed by atoms with Gasteiger partial charge in [0.2, 0.25) is 0 Å². The summed E-state index contributed by atoms with van der Waals surface area (Å²) in [5, 5.41) is 0. The Hall–Kier alpha value is 1.70. The summed E-state index contributed by atoms with van der Waals surface area (Å²) >= 11 is 0. The van der Waals surface area contributed by atoms with Crippen LogP contribution < -0.4 is 0 Å². The number of hydrogen-bond donors (Lipinski definition) is 0. The van der Waals surface area contributed by atoms with Gasteiger partial charge in [0.15, 0.2) is 0 Å². The minimum Gasteiger partial charge on any atom is 0 e. The first-order chi connectivity index (χ1) is 0. The van der Waals surface area contributed by atoms with Gasteiger partial charge >= 0.3 is 18.9 Å². The Bertz CT molecular complexity index is 6.00. The van der Waals surface area contributed by atoms with Crippen molar-refractivity contribution < 1.29 is 17.1 Å². The largest absolute Gasteiger partial charge is 0 e. The van der Waals surface area contributed by atoms with E-state index in [4.69, 9.17) is 0 Å². The third kappa shape index (κ3) is 9.34. The van der Waals surface area contributed by atoms with Crippen LogP contribution in [0.4, 0.5) is 0 Å². The molecule has 0 fully saturated rings. The molecule has 1 radical (unpaired) electrons. The summed E-state index contributed by atoms with van der Waals surface area (Å²) in [5.41, 5.74) is 0. The maximum absolute atomic E-state index is 0. The molecule has 0 spiro atoms. The molecule has 0 heterocycles. The van der Waals surface area contributed by atoms with Crippen molar-refractivity contribution in [2.75, 3.05) is 0 Å². The van der Waals surface area contributed by atoms with Crippen LogP contribution in [0.5, 0.6) is 0 Å². The van der Waals surface area contributed by atoms with Gasteiger partial charge in [-0.25, -0.2) is 0 Å². The van der Waals surface area contributed by atoms with Gasteiger partial charge in [-0.3, -0.25) is 0 Å². The fraction of sp³-hybridized carbons (Fsp3) is 0. The van der Waals surface area contributed by atoms with E-state index in [-0.39, 0.29) is 60.7 Å². The van der Waals surface area contributed by atoms with Crippen LogP contribution in [0, 0.1) is 0 Å². The van der Waals surface area contributed by atoms with E-state index >= 15 is 0 Å². The zero-order valence-corrected chi connectivity index (χ0v) is 4.01. The molecule has 4 heteroatoms. The average Bonchev–Trinajstić information content (AvgIpc) is 0. The van der Waals surface area contributed by atoms with E-state index in [1.165, 1.54) is 0 Å². The van der Waals surface area contributed by atoms with E-state index in [1.807, 2.05) is 0 Å². The van der Waals surface area contributed by atoms with E-state index in [2.05, 4.69) is 0 Å². The summed E-state index contributed by atoms with van der Waals surface area (Å²) in [5.74, 6) is 0. The van der Waals surface area contributed by atoms with Crippen LogP contribution >= 0.6 is 24.8 Å². The predicted molar refractivity (Wildman–Crippen MR) is 21.6 cm³/mol. The summed E-state index contributed by atoms with van der Waals surface area (Å²) in [6.07, 6.45) is 0. The molecule has 0 aliphatic heterocycles. The first-order valence-electron chi connectivity index (χ1n) is 0. The Morgan fingerprint density at radius 1 is 0.750 bits per heavy atom. The Morgan fingerprint density at radius 2 is 0.750 bits per heavy atom. The molecule has 0 rings (SSSR count). The second kappa shape index (κ2) is 22.3. The average molecular weight is 136 g/mol. The molecule has 25 valence electrons. The second-order valence-electron chi connectivity index (χ2n) is 0. The molecular weight excluding hydrogens is 133 g/mol. The summed E-state index contributed by atoms with van der Waals surface area (Å²) in [6.45, 7) is 0. The number of halogens is 2. The molecule has 0 bridgehead atoms. The Labute approximate surface area is 60.6 Å². The van der Waals surface area contributed by atoms with Crippen molar-refractivity contribution in [2.24, 2.45) is 0 Å². The summed E-state index contributed by atoms with van der Waals surface area (Å²) in [4.78, 5) is 0. The Morgan fingerprint density at radius 3 is 0.750 bits per heavy atom. The molecule has 0 atom stereocenters. The number of hydrogen-bond acceptors (Lipinski definition) is 0. The van der Waals surface area contributed by atoms with Crippen LogP contribution in [0.25, 0.3) is 0 Å². The topological polar surface area (TPSA) is 0 Å². The van der Waals surface area contributed by atoms with E-state index in [1.54, 1.807) is 0 Å². The van der Waals surface area contributed by atoms with Crippen molar-refractivity contribution in [3.05, 3.63) is 0 Å². The first kappa shape index (κ1) is 43.6. The quantitative estimate of drug-likeness (QED) is 0.417. The summed E-state index contributed by atoms with van der Waals surface area (Å²) in [6, 6.07) is 0. The molecule has 0 nitrogen and oxygen atoms in total. The van der Waals surface area contributed by atoms with E-state index in [9.17, 15) is 0 Å². The molecular formula is H3Cl2LiMn. The third-order valence-corrected chi connectivity index (χ3v) is 0. The van der Waals surface area contributed by atoms with Crippen molar-refractivity contribution in [2.45, 2.75) is 0 Å². The minimum absolute atomic E-state index is 0. The van der Waals surface area contributed by atoms with Crippen LogP contribution in [0.1, 0.15) is 0 Å². The van der Waals surface area contributed by atoms with Crippen LogP contribution in [-0.4, -0.2) is 18.9 Å². The van der Waals surface area contributed by atoms with Gasteiger partial charge < -0.3 is 0 Å². The van der Waals surface area contributed by atoms with Gasteiger partial charge in [-0.05, 0) is 0 Å². The molecule has 4 heavy (non-hydrogen) atoms. The van der Waals surface area contributed by atoms with Crippen LogP contribution in [-0.2, 0) is 17.1 Å². The zero-order valence-electron chi connectivity index (χ0n) is 1.19.